The number of benzene rings is 6. The topological polar surface area (TPSA) is 124 Å². The van der Waals surface area contributed by atoms with Crippen molar-refractivity contribution in [2.45, 2.75) is 101 Å². The molecule has 0 spiro atoms. The molecule has 6 aromatic rings. The summed E-state index contributed by atoms with van der Waals surface area (Å²) >= 11 is 0. The first kappa shape index (κ1) is 46.4. The number of ether oxygens (including phenoxy) is 9. The Labute approximate surface area is 381 Å². The molecule has 0 aliphatic carbocycles. The van der Waals surface area contributed by atoms with E-state index in [0.717, 1.165) is 33.4 Å². The van der Waals surface area contributed by atoms with Crippen LogP contribution in [0.4, 0.5) is 0 Å². The number of rotatable bonds is 22. The average Bonchev–Trinajstić information content (AvgIpc) is 3.36. The van der Waals surface area contributed by atoms with Crippen LogP contribution in [0.1, 0.15) is 33.4 Å². The summed E-state index contributed by atoms with van der Waals surface area (Å²) in [5.74, 6) is 0. The van der Waals surface area contributed by atoms with E-state index in [1.54, 1.807) is 0 Å². The summed E-state index contributed by atoms with van der Waals surface area (Å²) in [5.41, 5.74) is 5.66. The smallest absolute Gasteiger partial charge is 0.187 e. The highest BCUT2D eigenvalue weighted by Gasteiger charge is 2.54. The van der Waals surface area contributed by atoms with Gasteiger partial charge in [0.25, 0.3) is 0 Å². The molecule has 2 fully saturated rings. The lowest BCUT2D eigenvalue weighted by Crippen LogP contribution is -2.66. The van der Waals surface area contributed by atoms with Crippen molar-refractivity contribution < 1.29 is 52.8 Å². The second-order valence-electron chi connectivity index (χ2n) is 16.2. The molecule has 0 aromatic heterocycles. The molecule has 2 saturated heterocycles. The van der Waals surface area contributed by atoms with E-state index < -0.39 is 68.0 Å². The van der Waals surface area contributed by atoms with Crippen LogP contribution in [0.15, 0.2) is 182 Å². The first-order chi connectivity index (χ1) is 32.1. The van der Waals surface area contributed by atoms with Crippen molar-refractivity contribution >= 4 is 0 Å². The van der Waals surface area contributed by atoms with Gasteiger partial charge in [-0.15, -0.1) is 0 Å². The summed E-state index contributed by atoms with van der Waals surface area (Å²) in [6.07, 6.45) is -9.81. The highest BCUT2D eigenvalue weighted by Crippen LogP contribution is 2.36. The van der Waals surface area contributed by atoms with E-state index in [0.29, 0.717) is 6.61 Å². The molecular formula is C54H58O11. The summed E-state index contributed by atoms with van der Waals surface area (Å²) in [5, 5.41) is 22.5. The molecule has 0 bridgehead atoms. The van der Waals surface area contributed by atoms with Gasteiger partial charge in [-0.2, -0.15) is 0 Å². The third-order valence-electron chi connectivity index (χ3n) is 11.5. The van der Waals surface area contributed by atoms with Gasteiger partial charge in [-0.3, -0.25) is 0 Å². The van der Waals surface area contributed by atoms with E-state index in [4.69, 9.17) is 42.6 Å². The molecule has 0 radical (unpaired) electrons. The van der Waals surface area contributed by atoms with E-state index in [2.05, 4.69) is 0 Å². The predicted molar refractivity (Wildman–Crippen MR) is 243 cm³/mol. The fourth-order valence-electron chi connectivity index (χ4n) is 8.12. The lowest BCUT2D eigenvalue weighted by atomic mass is 9.95. The zero-order chi connectivity index (χ0) is 44.5. The molecule has 2 heterocycles. The molecule has 340 valence electrons. The normalized spacial score (nSPS) is 25.6. The first-order valence-electron chi connectivity index (χ1n) is 22.3. The van der Waals surface area contributed by atoms with Crippen molar-refractivity contribution in [3.63, 3.8) is 0 Å². The largest absolute Gasteiger partial charge is 0.394 e. The van der Waals surface area contributed by atoms with Gasteiger partial charge < -0.3 is 52.8 Å². The Hall–Kier alpha value is -5.12. The molecule has 11 nitrogen and oxygen atoms in total. The minimum absolute atomic E-state index is 0.116. The lowest BCUT2D eigenvalue weighted by molar-refractivity contribution is -0.373. The SMILES string of the molecule is OC[C@H]1O[C@H](O)[C@H](OCc2ccccc2)[C@@H](OCc2ccccc2)[C@@H]1O[C@@H]1O[C@H](COCc2ccccc2)[C@@H](OCc2ccccc2)[C@H](OCc2ccccc2)[C@@H]1OCc1ccccc1. The summed E-state index contributed by atoms with van der Waals surface area (Å²) in [4.78, 5) is 0. The van der Waals surface area contributed by atoms with Gasteiger partial charge in [0.2, 0.25) is 0 Å². The van der Waals surface area contributed by atoms with Crippen molar-refractivity contribution in [3.05, 3.63) is 215 Å². The van der Waals surface area contributed by atoms with E-state index in [9.17, 15) is 10.2 Å². The molecular weight excluding hydrogens is 825 g/mol. The number of aliphatic hydroxyl groups is 2. The summed E-state index contributed by atoms with van der Waals surface area (Å²) < 4.78 is 60.5. The van der Waals surface area contributed by atoms with Crippen LogP contribution >= 0.6 is 0 Å². The minimum Gasteiger partial charge on any atom is -0.394 e. The predicted octanol–water partition coefficient (Wildman–Crippen LogP) is 7.95. The summed E-state index contributed by atoms with van der Waals surface area (Å²) in [6, 6.07) is 59.0. The fourth-order valence-corrected chi connectivity index (χ4v) is 8.12. The quantitative estimate of drug-likeness (QED) is 0.0691. The van der Waals surface area contributed by atoms with Crippen molar-refractivity contribution in [2.75, 3.05) is 13.2 Å². The van der Waals surface area contributed by atoms with Crippen LogP contribution in [-0.2, 0) is 82.3 Å². The fraction of sp³-hybridized carbons (Fsp3) is 0.333. The monoisotopic (exact) mass is 882 g/mol. The Morgan fingerprint density at radius 3 is 1.09 bits per heavy atom. The maximum atomic E-state index is 11.5. The molecule has 2 aliphatic rings. The van der Waals surface area contributed by atoms with Gasteiger partial charge in [0.15, 0.2) is 12.6 Å². The van der Waals surface area contributed by atoms with Gasteiger partial charge in [-0.05, 0) is 33.4 Å². The number of hydrogen-bond donors (Lipinski definition) is 2. The minimum atomic E-state index is -1.45. The number of hydrogen-bond acceptors (Lipinski definition) is 11. The van der Waals surface area contributed by atoms with Crippen LogP contribution in [0.25, 0.3) is 0 Å². The molecule has 10 atom stereocenters. The average molecular weight is 883 g/mol. The van der Waals surface area contributed by atoms with Crippen LogP contribution in [0.3, 0.4) is 0 Å². The summed E-state index contributed by atoms with van der Waals surface area (Å²) in [7, 11) is 0. The van der Waals surface area contributed by atoms with Crippen LogP contribution in [0.2, 0.25) is 0 Å². The van der Waals surface area contributed by atoms with Crippen molar-refractivity contribution in [3.8, 4) is 0 Å². The van der Waals surface area contributed by atoms with E-state index in [-0.39, 0.29) is 39.6 Å². The van der Waals surface area contributed by atoms with Crippen LogP contribution in [-0.4, -0.2) is 84.8 Å². The van der Waals surface area contributed by atoms with Crippen LogP contribution < -0.4 is 0 Å². The van der Waals surface area contributed by atoms with Gasteiger partial charge in [-0.25, -0.2) is 0 Å². The maximum absolute atomic E-state index is 11.5. The summed E-state index contributed by atoms with van der Waals surface area (Å²) in [6.45, 7) is 0.970. The molecule has 0 saturated carbocycles. The van der Waals surface area contributed by atoms with Gasteiger partial charge in [0.1, 0.15) is 48.8 Å². The molecule has 11 heteroatoms. The Balaban J connectivity index is 1.16. The van der Waals surface area contributed by atoms with Gasteiger partial charge in [0.05, 0.1) is 52.9 Å². The highest BCUT2D eigenvalue weighted by atomic mass is 16.7. The third-order valence-corrected chi connectivity index (χ3v) is 11.5. The molecule has 2 aliphatic heterocycles. The zero-order valence-electron chi connectivity index (χ0n) is 36.3. The Bertz CT molecular complexity index is 2210. The first-order valence-corrected chi connectivity index (χ1v) is 22.3. The van der Waals surface area contributed by atoms with Crippen molar-refractivity contribution in [1.29, 1.82) is 0 Å². The Kier molecular flexibility index (Phi) is 17.4. The highest BCUT2D eigenvalue weighted by molar-refractivity contribution is 5.18. The van der Waals surface area contributed by atoms with Crippen LogP contribution in [0.5, 0.6) is 0 Å². The second kappa shape index (κ2) is 24.4. The Morgan fingerprint density at radius 1 is 0.354 bits per heavy atom. The molecule has 2 N–H and O–H groups in total. The number of aliphatic hydroxyl groups excluding tert-OH is 2. The van der Waals surface area contributed by atoms with E-state index >= 15 is 0 Å². The van der Waals surface area contributed by atoms with Crippen molar-refractivity contribution in [2.24, 2.45) is 0 Å². The van der Waals surface area contributed by atoms with E-state index in [1.807, 2.05) is 182 Å². The molecule has 6 aromatic carbocycles. The third kappa shape index (κ3) is 13.3. The van der Waals surface area contributed by atoms with E-state index in [1.165, 1.54) is 0 Å². The molecule has 0 unspecified atom stereocenters. The molecule has 0 amide bonds. The lowest BCUT2D eigenvalue weighted by Gasteiger charge is -2.49. The molecule has 65 heavy (non-hydrogen) atoms. The Morgan fingerprint density at radius 2 is 0.692 bits per heavy atom. The van der Waals surface area contributed by atoms with Gasteiger partial charge in [0, 0.05) is 0 Å². The standard InChI is InChI=1S/C54H58O11/c55-31-45-48(50(60-35-42-25-13-4-14-26-42)51(53(56)63-45)61-36-43-27-15-5-16-28-43)65-54-52(62-37-44-29-17-6-18-30-44)49(59-34-41-23-11-3-12-24-41)47(58-33-40-21-9-2-10-22-40)46(64-54)38-57-32-39-19-7-1-8-20-39/h1-30,45-56H,31-38H2/t45-,46-,47-,48-,49+,50+,51-,52+,53+,54+/m1/s1. The maximum Gasteiger partial charge on any atom is 0.187 e. The second-order valence-corrected chi connectivity index (χ2v) is 16.2. The van der Waals surface area contributed by atoms with Gasteiger partial charge >= 0.3 is 0 Å². The van der Waals surface area contributed by atoms with Crippen LogP contribution in [0, 0.1) is 0 Å². The van der Waals surface area contributed by atoms with Gasteiger partial charge in [-0.1, -0.05) is 182 Å². The zero-order valence-corrected chi connectivity index (χ0v) is 36.3. The molecule has 8 rings (SSSR count). The van der Waals surface area contributed by atoms with Crippen molar-refractivity contribution in [1.82, 2.24) is 0 Å².